The van der Waals surface area contributed by atoms with Gasteiger partial charge in [-0.1, -0.05) is 49.4 Å². The van der Waals surface area contributed by atoms with E-state index in [0.717, 1.165) is 70.9 Å². The summed E-state index contributed by atoms with van der Waals surface area (Å²) >= 11 is 0. The average Bonchev–Trinajstić information content (AvgIpc) is 2.84. The van der Waals surface area contributed by atoms with Crippen molar-refractivity contribution in [2.75, 3.05) is 45.8 Å². The molecule has 0 radical (unpaired) electrons. The Labute approximate surface area is 186 Å². The summed E-state index contributed by atoms with van der Waals surface area (Å²) in [5, 5.41) is 0. The minimum absolute atomic E-state index is 0.207. The van der Waals surface area contributed by atoms with Crippen molar-refractivity contribution in [1.82, 2.24) is 14.7 Å². The fourth-order valence-electron chi connectivity index (χ4n) is 4.57. The molecular weight excluding hydrogens is 386 g/mol. The molecule has 0 saturated carbocycles. The molecule has 166 valence electrons. The third-order valence-electron chi connectivity index (χ3n) is 6.65. The number of piperazine rings is 1. The van der Waals surface area contributed by atoms with Crippen LogP contribution in [-0.4, -0.2) is 66.4 Å². The molecule has 0 spiro atoms. The Kier molecular flexibility index (Phi) is 7.60. The Balaban J connectivity index is 1.19. The van der Waals surface area contributed by atoms with Crippen molar-refractivity contribution in [3.8, 4) is 5.75 Å². The number of carbonyl (C=O) groups excluding carboxylic acids is 1. The van der Waals surface area contributed by atoms with E-state index >= 15 is 0 Å². The van der Waals surface area contributed by atoms with Gasteiger partial charge in [-0.3, -0.25) is 9.69 Å². The lowest BCUT2D eigenvalue weighted by atomic mass is 9.94. The van der Waals surface area contributed by atoms with Gasteiger partial charge in [0.05, 0.1) is 0 Å². The molecule has 2 aromatic carbocycles. The molecule has 0 aliphatic carbocycles. The first-order chi connectivity index (χ1) is 15.2. The number of nitrogens with zero attached hydrogens (tertiary/aromatic N) is 3. The number of amides is 1. The number of hydrogen-bond donors (Lipinski definition) is 0. The standard InChI is InChI=1S/C26H35N3O2/c1-2-27-16-18-29(19-17-27)26(30)24-12-14-28(15-13-24)20-22-8-10-25(11-9-22)31-21-23-6-4-3-5-7-23/h3-11,24H,2,12-21H2,1H3. The fourth-order valence-corrected chi connectivity index (χ4v) is 4.57. The third-order valence-corrected chi connectivity index (χ3v) is 6.65. The van der Waals surface area contributed by atoms with E-state index in [0.29, 0.717) is 12.5 Å². The van der Waals surface area contributed by atoms with E-state index in [4.69, 9.17) is 4.74 Å². The SMILES string of the molecule is CCN1CCN(C(=O)C2CCN(Cc3ccc(OCc4ccccc4)cc3)CC2)CC1. The number of carbonyl (C=O) groups is 1. The van der Waals surface area contributed by atoms with Gasteiger partial charge in [-0.2, -0.15) is 0 Å². The van der Waals surface area contributed by atoms with Crippen molar-refractivity contribution in [2.45, 2.75) is 32.9 Å². The molecule has 0 atom stereocenters. The predicted molar refractivity (Wildman–Crippen MR) is 124 cm³/mol. The molecule has 5 nitrogen and oxygen atoms in total. The summed E-state index contributed by atoms with van der Waals surface area (Å²) in [7, 11) is 0. The van der Waals surface area contributed by atoms with Gasteiger partial charge in [-0.05, 0) is 55.7 Å². The summed E-state index contributed by atoms with van der Waals surface area (Å²) in [6.07, 6.45) is 1.95. The first-order valence-electron chi connectivity index (χ1n) is 11.7. The summed E-state index contributed by atoms with van der Waals surface area (Å²) in [6, 6.07) is 18.7. The van der Waals surface area contributed by atoms with Gasteiger partial charge in [-0.25, -0.2) is 0 Å². The Bertz CT molecular complexity index is 808. The second-order valence-corrected chi connectivity index (χ2v) is 8.73. The molecule has 2 fully saturated rings. The summed E-state index contributed by atoms with van der Waals surface area (Å²) in [4.78, 5) is 19.9. The normalized spacial score (nSPS) is 18.8. The van der Waals surface area contributed by atoms with Crippen LogP contribution in [0.3, 0.4) is 0 Å². The molecule has 0 N–H and O–H groups in total. The van der Waals surface area contributed by atoms with Gasteiger partial charge in [0.1, 0.15) is 12.4 Å². The Hall–Kier alpha value is -2.37. The van der Waals surface area contributed by atoms with Gasteiger partial charge in [0.15, 0.2) is 0 Å². The van der Waals surface area contributed by atoms with Gasteiger partial charge in [-0.15, -0.1) is 0 Å². The molecule has 5 heteroatoms. The molecule has 2 aliphatic heterocycles. The number of rotatable bonds is 7. The van der Waals surface area contributed by atoms with Crippen LogP contribution in [0.15, 0.2) is 54.6 Å². The van der Waals surface area contributed by atoms with Crippen molar-refractivity contribution in [2.24, 2.45) is 5.92 Å². The molecule has 1 amide bonds. The van der Waals surface area contributed by atoms with E-state index in [-0.39, 0.29) is 5.92 Å². The Morgan fingerprint density at radius 3 is 2.16 bits per heavy atom. The Morgan fingerprint density at radius 1 is 0.839 bits per heavy atom. The topological polar surface area (TPSA) is 36.0 Å². The molecule has 2 heterocycles. The largest absolute Gasteiger partial charge is 0.489 e. The fraction of sp³-hybridized carbons (Fsp3) is 0.500. The van der Waals surface area contributed by atoms with Gasteiger partial charge < -0.3 is 14.5 Å². The minimum Gasteiger partial charge on any atom is -0.489 e. The van der Waals surface area contributed by atoms with E-state index in [9.17, 15) is 4.79 Å². The van der Waals surface area contributed by atoms with Crippen LogP contribution in [0.2, 0.25) is 0 Å². The van der Waals surface area contributed by atoms with Crippen LogP contribution >= 0.6 is 0 Å². The zero-order valence-electron chi connectivity index (χ0n) is 18.7. The van der Waals surface area contributed by atoms with Crippen LogP contribution in [0.5, 0.6) is 5.75 Å². The number of likely N-dealkylation sites (N-methyl/N-ethyl adjacent to an activating group) is 1. The lowest BCUT2D eigenvalue weighted by molar-refractivity contribution is -0.138. The van der Waals surface area contributed by atoms with Gasteiger partial charge in [0, 0.05) is 38.6 Å². The summed E-state index contributed by atoms with van der Waals surface area (Å²) < 4.78 is 5.89. The maximum absolute atomic E-state index is 12.9. The zero-order valence-corrected chi connectivity index (χ0v) is 18.7. The third kappa shape index (κ3) is 6.08. The first kappa shape index (κ1) is 21.8. The van der Waals surface area contributed by atoms with Crippen molar-refractivity contribution < 1.29 is 9.53 Å². The molecule has 31 heavy (non-hydrogen) atoms. The summed E-state index contributed by atoms with van der Waals surface area (Å²) in [5.41, 5.74) is 2.48. The maximum Gasteiger partial charge on any atom is 0.225 e. The lowest BCUT2D eigenvalue weighted by Crippen LogP contribution is -2.51. The second kappa shape index (κ2) is 10.8. The van der Waals surface area contributed by atoms with E-state index in [2.05, 4.69) is 58.0 Å². The number of piperidine rings is 1. The lowest BCUT2D eigenvalue weighted by Gasteiger charge is -2.38. The Morgan fingerprint density at radius 2 is 1.52 bits per heavy atom. The minimum atomic E-state index is 0.207. The highest BCUT2D eigenvalue weighted by Crippen LogP contribution is 2.23. The predicted octanol–water partition coefficient (Wildman–Crippen LogP) is 3.64. The molecule has 0 aromatic heterocycles. The molecule has 2 aliphatic rings. The van der Waals surface area contributed by atoms with E-state index < -0.39 is 0 Å². The smallest absolute Gasteiger partial charge is 0.225 e. The first-order valence-corrected chi connectivity index (χ1v) is 11.7. The van der Waals surface area contributed by atoms with Crippen LogP contribution in [0.1, 0.15) is 30.9 Å². The number of benzene rings is 2. The van der Waals surface area contributed by atoms with Crippen molar-refractivity contribution in [3.05, 3.63) is 65.7 Å². The summed E-state index contributed by atoms with van der Waals surface area (Å²) in [6.45, 7) is 10.6. The monoisotopic (exact) mass is 421 g/mol. The molecule has 0 unspecified atom stereocenters. The molecule has 2 aromatic rings. The van der Waals surface area contributed by atoms with Crippen LogP contribution in [0.4, 0.5) is 0 Å². The number of hydrogen-bond acceptors (Lipinski definition) is 4. The highest BCUT2D eigenvalue weighted by atomic mass is 16.5. The number of ether oxygens (including phenoxy) is 1. The van der Waals surface area contributed by atoms with Crippen LogP contribution in [0, 0.1) is 5.92 Å². The van der Waals surface area contributed by atoms with Crippen LogP contribution < -0.4 is 4.74 Å². The molecule has 0 bridgehead atoms. The van der Waals surface area contributed by atoms with Crippen LogP contribution in [-0.2, 0) is 17.9 Å². The van der Waals surface area contributed by atoms with Crippen LogP contribution in [0.25, 0.3) is 0 Å². The van der Waals surface area contributed by atoms with E-state index in [1.165, 1.54) is 11.1 Å². The van der Waals surface area contributed by atoms with Gasteiger partial charge in [0.2, 0.25) is 5.91 Å². The van der Waals surface area contributed by atoms with Gasteiger partial charge in [0.25, 0.3) is 0 Å². The number of likely N-dealkylation sites (tertiary alicyclic amines) is 1. The average molecular weight is 422 g/mol. The van der Waals surface area contributed by atoms with E-state index in [1.807, 2.05) is 18.2 Å². The van der Waals surface area contributed by atoms with Gasteiger partial charge >= 0.3 is 0 Å². The second-order valence-electron chi connectivity index (χ2n) is 8.73. The highest BCUT2D eigenvalue weighted by Gasteiger charge is 2.30. The quantitative estimate of drug-likeness (QED) is 0.684. The zero-order chi connectivity index (χ0) is 21.5. The summed E-state index contributed by atoms with van der Waals surface area (Å²) in [5.74, 6) is 1.49. The maximum atomic E-state index is 12.9. The molecular formula is C26H35N3O2. The molecule has 4 rings (SSSR count). The van der Waals surface area contributed by atoms with Crippen molar-refractivity contribution in [1.29, 1.82) is 0 Å². The van der Waals surface area contributed by atoms with E-state index in [1.54, 1.807) is 0 Å². The molecule has 2 saturated heterocycles. The highest BCUT2D eigenvalue weighted by molar-refractivity contribution is 5.79. The van der Waals surface area contributed by atoms with Crippen molar-refractivity contribution in [3.63, 3.8) is 0 Å². The van der Waals surface area contributed by atoms with Crippen molar-refractivity contribution >= 4 is 5.91 Å².